The summed E-state index contributed by atoms with van der Waals surface area (Å²) in [6.45, 7) is 4.40. The zero-order valence-electron chi connectivity index (χ0n) is 15.5. The number of ether oxygens (including phenoxy) is 1. The van der Waals surface area contributed by atoms with Crippen molar-refractivity contribution < 1.29 is 9.53 Å². The number of carbonyl (C=O) groups is 1. The lowest BCUT2D eigenvalue weighted by Gasteiger charge is -2.12. The smallest absolute Gasteiger partial charge is 0.251 e. The van der Waals surface area contributed by atoms with Crippen LogP contribution in [-0.4, -0.2) is 25.0 Å². The van der Waals surface area contributed by atoms with E-state index in [-0.39, 0.29) is 11.9 Å². The Balaban J connectivity index is 2.00. The van der Waals surface area contributed by atoms with Crippen LogP contribution in [0.5, 0.6) is 5.75 Å². The second kappa shape index (κ2) is 9.46. The molecule has 0 radical (unpaired) electrons. The first-order valence-electron chi connectivity index (χ1n) is 8.62. The summed E-state index contributed by atoms with van der Waals surface area (Å²) in [5, 5.41) is 5.98. The van der Waals surface area contributed by atoms with Crippen molar-refractivity contribution in [2.45, 2.75) is 32.9 Å². The molecule has 2 aromatic carbocycles. The van der Waals surface area contributed by atoms with Gasteiger partial charge in [-0.15, -0.1) is 0 Å². The summed E-state index contributed by atoms with van der Waals surface area (Å²) in [5.41, 5.74) is 8.28. The topological polar surface area (TPSA) is 88.7 Å². The molecule has 0 heterocycles. The number of rotatable bonds is 7. The molecule has 1 atom stereocenters. The fraction of sp³-hybridized carbons (Fsp3) is 0.300. The van der Waals surface area contributed by atoms with Crippen molar-refractivity contribution in [3.8, 4) is 5.75 Å². The Labute approximate surface area is 154 Å². The molecule has 6 heteroatoms. The Bertz CT molecular complexity index is 774. The minimum absolute atomic E-state index is 0.0762. The molecule has 0 aliphatic heterocycles. The van der Waals surface area contributed by atoms with Crippen molar-refractivity contribution in [3.63, 3.8) is 0 Å². The minimum atomic E-state index is -0.0762. The van der Waals surface area contributed by atoms with E-state index in [4.69, 9.17) is 10.5 Å². The van der Waals surface area contributed by atoms with Gasteiger partial charge in [0, 0.05) is 23.4 Å². The summed E-state index contributed by atoms with van der Waals surface area (Å²) in [6.07, 6.45) is 0.891. The predicted molar refractivity (Wildman–Crippen MR) is 106 cm³/mol. The number of hydrogen-bond acceptors (Lipinski definition) is 3. The van der Waals surface area contributed by atoms with Crippen LogP contribution in [0.4, 0.5) is 5.69 Å². The molecule has 0 saturated carbocycles. The van der Waals surface area contributed by atoms with Gasteiger partial charge in [0.05, 0.1) is 13.7 Å². The number of nitrogens with zero attached hydrogens (tertiary/aromatic N) is 1. The van der Waals surface area contributed by atoms with E-state index in [0.29, 0.717) is 18.1 Å². The lowest BCUT2D eigenvalue weighted by atomic mass is 10.1. The summed E-state index contributed by atoms with van der Waals surface area (Å²) in [4.78, 5) is 16.5. The average molecular weight is 354 g/mol. The summed E-state index contributed by atoms with van der Waals surface area (Å²) in [7, 11) is 1.61. The molecule has 0 bridgehead atoms. The Kier molecular flexibility index (Phi) is 7.02. The third kappa shape index (κ3) is 5.81. The van der Waals surface area contributed by atoms with Gasteiger partial charge in [-0.3, -0.25) is 4.79 Å². The second-order valence-corrected chi connectivity index (χ2v) is 6.04. The van der Waals surface area contributed by atoms with Gasteiger partial charge in [0.15, 0.2) is 5.96 Å². The van der Waals surface area contributed by atoms with Crippen molar-refractivity contribution in [1.29, 1.82) is 0 Å². The van der Waals surface area contributed by atoms with Crippen LogP contribution >= 0.6 is 0 Å². The number of carbonyl (C=O) groups excluding carboxylic acids is 1. The normalized spacial score (nSPS) is 12.3. The molecule has 138 valence electrons. The molecule has 6 nitrogen and oxygen atoms in total. The molecule has 0 fully saturated rings. The van der Waals surface area contributed by atoms with E-state index in [1.165, 1.54) is 0 Å². The largest absolute Gasteiger partial charge is 0.497 e. The lowest BCUT2D eigenvalue weighted by molar-refractivity contribution is 0.0939. The van der Waals surface area contributed by atoms with E-state index in [1.807, 2.05) is 56.3 Å². The van der Waals surface area contributed by atoms with E-state index in [9.17, 15) is 4.79 Å². The summed E-state index contributed by atoms with van der Waals surface area (Å²) >= 11 is 0. The number of nitrogens with one attached hydrogen (secondary N) is 2. The molecule has 1 unspecified atom stereocenters. The number of anilines is 1. The first-order valence-corrected chi connectivity index (χ1v) is 8.62. The van der Waals surface area contributed by atoms with Gasteiger partial charge in [-0.25, -0.2) is 4.99 Å². The lowest BCUT2D eigenvalue weighted by Crippen LogP contribution is -2.31. The Morgan fingerprint density at radius 3 is 2.73 bits per heavy atom. The molecule has 2 aromatic rings. The fourth-order valence-electron chi connectivity index (χ4n) is 2.28. The minimum Gasteiger partial charge on any atom is -0.497 e. The van der Waals surface area contributed by atoms with E-state index in [2.05, 4.69) is 15.6 Å². The molecule has 0 aliphatic rings. The molecule has 2 rings (SSSR count). The van der Waals surface area contributed by atoms with Crippen molar-refractivity contribution in [2.24, 2.45) is 10.7 Å². The standard InChI is InChI=1S/C20H26N4O2/c1-4-14(2)23-19(25)16-8-5-7-15(11-16)13-22-20(21)24-17-9-6-10-18(12-17)26-3/h5-12,14H,4,13H2,1-3H3,(H,23,25)(H3,21,22,24). The highest BCUT2D eigenvalue weighted by atomic mass is 16.5. The third-order valence-electron chi connectivity index (χ3n) is 3.95. The van der Waals surface area contributed by atoms with Crippen LogP contribution in [0.25, 0.3) is 0 Å². The fourth-order valence-corrected chi connectivity index (χ4v) is 2.28. The van der Waals surface area contributed by atoms with E-state index in [1.54, 1.807) is 13.2 Å². The van der Waals surface area contributed by atoms with Crippen LogP contribution in [-0.2, 0) is 6.54 Å². The van der Waals surface area contributed by atoms with Crippen molar-refractivity contribution in [2.75, 3.05) is 12.4 Å². The van der Waals surface area contributed by atoms with Crippen LogP contribution in [0.3, 0.4) is 0 Å². The Morgan fingerprint density at radius 1 is 1.23 bits per heavy atom. The second-order valence-electron chi connectivity index (χ2n) is 6.04. The van der Waals surface area contributed by atoms with Crippen LogP contribution in [0.1, 0.15) is 36.2 Å². The molecule has 0 spiro atoms. The molecule has 0 aromatic heterocycles. The monoisotopic (exact) mass is 354 g/mol. The average Bonchev–Trinajstić information content (AvgIpc) is 2.66. The summed E-state index contributed by atoms with van der Waals surface area (Å²) in [5.74, 6) is 0.961. The van der Waals surface area contributed by atoms with E-state index >= 15 is 0 Å². The maximum Gasteiger partial charge on any atom is 0.251 e. The number of aliphatic imine (C=N–C) groups is 1. The van der Waals surface area contributed by atoms with E-state index in [0.717, 1.165) is 23.4 Å². The molecule has 0 aliphatic carbocycles. The summed E-state index contributed by atoms with van der Waals surface area (Å²) in [6, 6.07) is 15.0. The number of methoxy groups -OCH3 is 1. The van der Waals surface area contributed by atoms with Gasteiger partial charge in [-0.05, 0) is 43.2 Å². The van der Waals surface area contributed by atoms with Gasteiger partial charge < -0.3 is 21.1 Å². The number of amides is 1. The van der Waals surface area contributed by atoms with Gasteiger partial charge in [0.1, 0.15) is 5.75 Å². The van der Waals surface area contributed by atoms with Crippen LogP contribution in [0.2, 0.25) is 0 Å². The van der Waals surface area contributed by atoms with Crippen molar-refractivity contribution in [3.05, 3.63) is 59.7 Å². The Hall–Kier alpha value is -3.02. The molecule has 4 N–H and O–H groups in total. The third-order valence-corrected chi connectivity index (χ3v) is 3.95. The first kappa shape index (κ1) is 19.3. The maximum absolute atomic E-state index is 12.2. The number of nitrogens with two attached hydrogens (primary N) is 1. The highest BCUT2D eigenvalue weighted by molar-refractivity contribution is 5.94. The zero-order chi connectivity index (χ0) is 18.9. The van der Waals surface area contributed by atoms with Crippen molar-refractivity contribution in [1.82, 2.24) is 5.32 Å². The Morgan fingerprint density at radius 2 is 2.00 bits per heavy atom. The van der Waals surface area contributed by atoms with Gasteiger partial charge in [0.2, 0.25) is 0 Å². The predicted octanol–water partition coefficient (Wildman–Crippen LogP) is 3.15. The number of guanidine groups is 1. The van der Waals surface area contributed by atoms with Crippen LogP contribution in [0, 0.1) is 0 Å². The molecule has 26 heavy (non-hydrogen) atoms. The SMILES string of the molecule is CCC(C)NC(=O)c1cccc(CN=C(N)Nc2cccc(OC)c2)c1. The van der Waals surface area contributed by atoms with Gasteiger partial charge in [0.25, 0.3) is 5.91 Å². The van der Waals surface area contributed by atoms with Crippen LogP contribution < -0.4 is 21.1 Å². The zero-order valence-corrected chi connectivity index (χ0v) is 15.5. The van der Waals surface area contributed by atoms with Gasteiger partial charge >= 0.3 is 0 Å². The highest BCUT2D eigenvalue weighted by Gasteiger charge is 2.08. The first-order chi connectivity index (χ1) is 12.5. The number of benzene rings is 2. The molecular weight excluding hydrogens is 328 g/mol. The quantitative estimate of drug-likeness (QED) is 0.526. The van der Waals surface area contributed by atoms with Crippen molar-refractivity contribution >= 4 is 17.6 Å². The van der Waals surface area contributed by atoms with E-state index < -0.39 is 0 Å². The molecule has 0 saturated heterocycles. The molecular formula is C20H26N4O2. The highest BCUT2D eigenvalue weighted by Crippen LogP contribution is 2.16. The maximum atomic E-state index is 12.2. The van der Waals surface area contributed by atoms with Crippen LogP contribution in [0.15, 0.2) is 53.5 Å². The number of hydrogen-bond donors (Lipinski definition) is 3. The summed E-state index contributed by atoms with van der Waals surface area (Å²) < 4.78 is 5.18. The molecule has 1 amide bonds. The van der Waals surface area contributed by atoms with Gasteiger partial charge in [-0.2, -0.15) is 0 Å². The van der Waals surface area contributed by atoms with Gasteiger partial charge in [-0.1, -0.05) is 25.1 Å².